The van der Waals surface area contributed by atoms with Crippen LogP contribution in [0.2, 0.25) is 0 Å². The molecule has 178 valence electrons. The molecule has 1 aliphatic heterocycles. The Morgan fingerprint density at radius 2 is 1.94 bits per heavy atom. The molecule has 2 N–H and O–H groups in total. The Labute approximate surface area is 207 Å². The van der Waals surface area contributed by atoms with Gasteiger partial charge >= 0.3 is 0 Å². The van der Waals surface area contributed by atoms with E-state index in [-0.39, 0.29) is 0 Å². The number of hydrogen-bond acceptors (Lipinski definition) is 8. The molecule has 0 unspecified atom stereocenters. The van der Waals surface area contributed by atoms with Crippen molar-refractivity contribution >= 4 is 28.0 Å². The fourth-order valence-corrected chi connectivity index (χ4v) is 5.28. The minimum Gasteiger partial charge on any atom is -0.328 e. The first-order valence-electron chi connectivity index (χ1n) is 11.9. The van der Waals surface area contributed by atoms with Crippen molar-refractivity contribution in [3.05, 3.63) is 71.8 Å². The summed E-state index contributed by atoms with van der Waals surface area (Å²) in [6.07, 6.45) is 12.1. The van der Waals surface area contributed by atoms with Gasteiger partial charge in [0, 0.05) is 36.6 Å². The Kier molecular flexibility index (Phi) is 5.97. The van der Waals surface area contributed by atoms with Gasteiger partial charge in [0.15, 0.2) is 11.5 Å². The van der Waals surface area contributed by atoms with E-state index in [1.807, 2.05) is 29.9 Å². The number of anilines is 2. The van der Waals surface area contributed by atoms with Gasteiger partial charge in [-0.2, -0.15) is 9.47 Å². The second-order valence-corrected chi connectivity index (χ2v) is 9.80. The van der Waals surface area contributed by atoms with E-state index in [0.29, 0.717) is 12.2 Å². The van der Waals surface area contributed by atoms with Crippen LogP contribution in [0.1, 0.15) is 42.0 Å². The number of likely N-dealkylation sites (tertiary alicyclic amines) is 1. The van der Waals surface area contributed by atoms with Crippen molar-refractivity contribution in [1.82, 2.24) is 38.8 Å². The Bertz CT molecular complexity index is 1430. The van der Waals surface area contributed by atoms with Crippen LogP contribution >= 0.6 is 11.5 Å². The third-order valence-corrected chi connectivity index (χ3v) is 7.01. The van der Waals surface area contributed by atoms with E-state index in [2.05, 4.69) is 54.0 Å². The fraction of sp³-hybridized carbons (Fsp3) is 0.320. The minimum atomic E-state index is 0.705. The number of imidazole rings is 1. The van der Waals surface area contributed by atoms with Gasteiger partial charge in [-0.15, -0.1) is 0 Å². The third kappa shape index (κ3) is 4.80. The van der Waals surface area contributed by atoms with E-state index in [1.54, 1.807) is 6.20 Å². The summed E-state index contributed by atoms with van der Waals surface area (Å²) >= 11 is 1.43. The van der Waals surface area contributed by atoms with Crippen molar-refractivity contribution in [3.8, 4) is 11.3 Å². The lowest BCUT2D eigenvalue weighted by Crippen LogP contribution is -2.29. The highest BCUT2D eigenvalue weighted by Crippen LogP contribution is 2.28. The quantitative estimate of drug-likeness (QED) is 0.347. The zero-order valence-electron chi connectivity index (χ0n) is 19.6. The number of aromatic amines is 1. The Morgan fingerprint density at radius 1 is 1.06 bits per heavy atom. The number of piperidine rings is 1. The second kappa shape index (κ2) is 9.55. The first-order valence-corrected chi connectivity index (χ1v) is 12.7. The van der Waals surface area contributed by atoms with E-state index in [0.717, 1.165) is 51.2 Å². The lowest BCUT2D eigenvalue weighted by atomic mass is 10.1. The normalized spacial score (nSPS) is 14.5. The average Bonchev–Trinajstić information content (AvgIpc) is 3.61. The van der Waals surface area contributed by atoms with Crippen molar-refractivity contribution in [3.63, 3.8) is 0 Å². The van der Waals surface area contributed by atoms with Crippen molar-refractivity contribution < 1.29 is 0 Å². The molecule has 0 aromatic carbocycles. The average molecular weight is 486 g/mol. The van der Waals surface area contributed by atoms with Crippen LogP contribution < -0.4 is 5.32 Å². The summed E-state index contributed by atoms with van der Waals surface area (Å²) in [5.41, 5.74) is 6.76. The van der Waals surface area contributed by atoms with E-state index < -0.39 is 0 Å². The lowest BCUT2D eigenvalue weighted by molar-refractivity contribution is 0.218. The van der Waals surface area contributed by atoms with Gasteiger partial charge in [0.25, 0.3) is 0 Å². The highest BCUT2D eigenvalue weighted by Gasteiger charge is 2.15. The summed E-state index contributed by atoms with van der Waals surface area (Å²) in [7, 11) is 0. The number of H-pyrrole nitrogens is 1. The summed E-state index contributed by atoms with van der Waals surface area (Å²) in [4.78, 5) is 16.7. The number of pyridine rings is 1. The van der Waals surface area contributed by atoms with E-state index in [1.165, 1.54) is 43.9 Å². The molecule has 0 amide bonds. The maximum atomic E-state index is 4.90. The lowest BCUT2D eigenvalue weighted by Gasteiger charge is -2.26. The number of fused-ring (bicyclic) bond motifs is 1. The van der Waals surface area contributed by atoms with Crippen LogP contribution in [0, 0.1) is 6.92 Å². The third-order valence-electron chi connectivity index (χ3n) is 6.27. The number of nitrogens with one attached hydrogen (secondary N) is 2. The molecule has 0 aliphatic carbocycles. The molecule has 35 heavy (non-hydrogen) atoms. The predicted molar refractivity (Wildman–Crippen MR) is 137 cm³/mol. The maximum absolute atomic E-state index is 4.90. The molecule has 0 radical (unpaired) electrons. The van der Waals surface area contributed by atoms with Crippen molar-refractivity contribution in [2.45, 2.75) is 39.2 Å². The van der Waals surface area contributed by atoms with Gasteiger partial charge in [-0.05, 0) is 62.6 Å². The monoisotopic (exact) mass is 485 g/mol. The zero-order valence-corrected chi connectivity index (χ0v) is 20.4. The van der Waals surface area contributed by atoms with Crippen LogP contribution in [0.5, 0.6) is 0 Å². The summed E-state index contributed by atoms with van der Waals surface area (Å²) in [6.45, 7) is 5.25. The molecule has 0 atom stereocenters. The van der Waals surface area contributed by atoms with Crippen LogP contribution in [0.25, 0.3) is 16.9 Å². The maximum Gasteiger partial charge on any atom is 0.180 e. The molecular weight excluding hydrogens is 458 g/mol. The molecule has 9 nitrogen and oxygen atoms in total. The van der Waals surface area contributed by atoms with Crippen molar-refractivity contribution in [2.75, 3.05) is 18.4 Å². The standard InChI is InChI=1S/C25H27N9S/c1-17-15-34-22(18-12-27-28-13-18)14-26-25(34)24(29-17)31-23-11-21(32-35-23)10-19-6-5-7-20(30-19)16-33-8-3-2-4-9-33/h5-7,11-15H,2-4,8-10,16H2,1H3,(H,27,28)(H,29,31). The van der Waals surface area contributed by atoms with Gasteiger partial charge < -0.3 is 5.32 Å². The van der Waals surface area contributed by atoms with Gasteiger partial charge in [0.2, 0.25) is 0 Å². The summed E-state index contributed by atoms with van der Waals surface area (Å²) in [5.74, 6) is 0.705. The van der Waals surface area contributed by atoms with Crippen molar-refractivity contribution in [2.24, 2.45) is 0 Å². The van der Waals surface area contributed by atoms with Crippen LogP contribution in [-0.4, -0.2) is 51.9 Å². The molecule has 5 aromatic heterocycles. The molecule has 6 heterocycles. The molecule has 1 fully saturated rings. The first kappa shape index (κ1) is 21.9. The summed E-state index contributed by atoms with van der Waals surface area (Å²) in [5, 5.41) is 11.3. The van der Waals surface area contributed by atoms with Crippen LogP contribution in [0.15, 0.2) is 49.1 Å². The highest BCUT2D eigenvalue weighted by atomic mass is 32.1. The highest BCUT2D eigenvalue weighted by molar-refractivity contribution is 7.10. The number of rotatable bonds is 7. The van der Waals surface area contributed by atoms with Gasteiger partial charge in [-0.25, -0.2) is 9.97 Å². The van der Waals surface area contributed by atoms with Crippen LogP contribution in [-0.2, 0) is 13.0 Å². The fourth-order valence-electron chi connectivity index (χ4n) is 4.62. The topological polar surface area (TPSA) is 99.9 Å². The van der Waals surface area contributed by atoms with Crippen LogP contribution in [0.3, 0.4) is 0 Å². The Balaban J connectivity index is 1.18. The summed E-state index contributed by atoms with van der Waals surface area (Å²) in [6, 6.07) is 8.39. The van der Waals surface area contributed by atoms with E-state index in [9.17, 15) is 0 Å². The number of nitrogens with zero attached hydrogens (tertiary/aromatic N) is 7. The van der Waals surface area contributed by atoms with Crippen molar-refractivity contribution in [1.29, 1.82) is 0 Å². The number of aromatic nitrogens is 7. The molecular formula is C25H27N9S. The van der Waals surface area contributed by atoms with Gasteiger partial charge in [0.1, 0.15) is 5.00 Å². The molecule has 0 bridgehead atoms. The molecule has 1 saturated heterocycles. The van der Waals surface area contributed by atoms with E-state index in [4.69, 9.17) is 9.97 Å². The van der Waals surface area contributed by atoms with Crippen LogP contribution in [0.4, 0.5) is 10.8 Å². The number of hydrogen-bond donors (Lipinski definition) is 2. The first-order chi connectivity index (χ1) is 17.2. The second-order valence-electron chi connectivity index (χ2n) is 9.00. The SMILES string of the molecule is Cc1cn2c(-c3cn[nH]c3)cnc2c(Nc2cc(Cc3cccc(CN4CCCCC4)n3)ns2)n1. The molecule has 0 saturated carbocycles. The van der Waals surface area contributed by atoms with Gasteiger partial charge in [0.05, 0.1) is 35.2 Å². The molecule has 0 spiro atoms. The molecule has 10 heteroatoms. The van der Waals surface area contributed by atoms with E-state index >= 15 is 0 Å². The molecule has 5 aromatic rings. The molecule has 1 aliphatic rings. The Morgan fingerprint density at radius 3 is 2.80 bits per heavy atom. The van der Waals surface area contributed by atoms with Gasteiger partial charge in [-0.3, -0.25) is 19.4 Å². The predicted octanol–water partition coefficient (Wildman–Crippen LogP) is 4.60. The number of aryl methyl sites for hydroxylation is 1. The summed E-state index contributed by atoms with van der Waals surface area (Å²) < 4.78 is 6.70. The Hall–Kier alpha value is -3.63. The minimum absolute atomic E-state index is 0.705. The smallest absolute Gasteiger partial charge is 0.180 e. The zero-order chi connectivity index (χ0) is 23.6. The van der Waals surface area contributed by atoms with Gasteiger partial charge in [-0.1, -0.05) is 12.5 Å². The largest absolute Gasteiger partial charge is 0.328 e. The molecule has 6 rings (SSSR count).